The van der Waals surface area contributed by atoms with E-state index in [0.29, 0.717) is 24.4 Å². The molecule has 134 valence electrons. The van der Waals surface area contributed by atoms with Gasteiger partial charge in [-0.3, -0.25) is 9.78 Å². The maximum atomic E-state index is 14.3. The van der Waals surface area contributed by atoms with Crippen LogP contribution in [0.2, 0.25) is 0 Å². The zero-order valence-corrected chi connectivity index (χ0v) is 14.3. The predicted molar refractivity (Wildman–Crippen MR) is 91.7 cm³/mol. The van der Waals surface area contributed by atoms with Gasteiger partial charge in [-0.15, -0.1) is 12.4 Å². The Hall–Kier alpha value is -2.29. The second kappa shape index (κ2) is 8.70. The molecule has 1 aliphatic rings. The number of ether oxygens (including phenoxy) is 2. The van der Waals surface area contributed by atoms with E-state index < -0.39 is 11.7 Å². The van der Waals surface area contributed by atoms with Crippen LogP contribution in [0.15, 0.2) is 30.6 Å². The first-order valence-electron chi connectivity index (χ1n) is 7.46. The predicted octanol–water partition coefficient (Wildman–Crippen LogP) is 1.96. The third-order valence-electron chi connectivity index (χ3n) is 3.59. The summed E-state index contributed by atoms with van der Waals surface area (Å²) < 4.78 is 24.8. The fraction of sp³-hybridized carbons (Fsp3) is 0.312. The van der Waals surface area contributed by atoms with Crippen LogP contribution in [0.25, 0.3) is 0 Å². The smallest absolute Gasteiger partial charge is 0.276 e. The number of hydrogen-bond acceptors (Lipinski definition) is 6. The van der Waals surface area contributed by atoms with Crippen LogP contribution in [0.1, 0.15) is 22.2 Å². The Kier molecular flexibility index (Phi) is 6.63. The molecular weight excluding hydrogens is 351 g/mol. The highest BCUT2D eigenvalue weighted by Crippen LogP contribution is 2.24. The molecule has 0 spiro atoms. The molecule has 25 heavy (non-hydrogen) atoms. The van der Waals surface area contributed by atoms with Crippen molar-refractivity contribution in [2.75, 3.05) is 32.1 Å². The van der Waals surface area contributed by atoms with Crippen LogP contribution in [-0.4, -0.2) is 42.7 Å². The number of carbonyl (C=O) groups excluding carboxylic acids is 1. The Morgan fingerprint density at radius 2 is 2.28 bits per heavy atom. The Morgan fingerprint density at radius 3 is 2.96 bits per heavy atom. The molecule has 2 N–H and O–H groups in total. The van der Waals surface area contributed by atoms with E-state index in [4.69, 9.17) is 9.47 Å². The molecule has 2 heterocycles. The summed E-state index contributed by atoms with van der Waals surface area (Å²) in [6, 6.07) is 4.50. The summed E-state index contributed by atoms with van der Waals surface area (Å²) in [5, 5.41) is 5.74. The number of aromatic nitrogens is 2. The van der Waals surface area contributed by atoms with E-state index in [9.17, 15) is 9.18 Å². The number of nitrogens with zero attached hydrogens (tertiary/aromatic N) is 2. The van der Waals surface area contributed by atoms with Crippen molar-refractivity contribution < 1.29 is 18.7 Å². The molecule has 1 amide bonds. The summed E-state index contributed by atoms with van der Waals surface area (Å²) in [6.45, 7) is 1.85. The zero-order chi connectivity index (χ0) is 16.9. The number of rotatable bonds is 4. The number of nitrogens with one attached hydrogen (secondary N) is 2. The lowest BCUT2D eigenvalue weighted by molar-refractivity contribution is 0.0255. The molecule has 1 atom stereocenters. The molecule has 1 saturated heterocycles. The van der Waals surface area contributed by atoms with Crippen molar-refractivity contribution in [2.24, 2.45) is 0 Å². The van der Waals surface area contributed by atoms with E-state index in [1.54, 1.807) is 12.1 Å². The molecule has 0 radical (unpaired) electrons. The van der Waals surface area contributed by atoms with E-state index >= 15 is 0 Å². The molecule has 1 unspecified atom stereocenters. The molecule has 7 nitrogen and oxygen atoms in total. The summed E-state index contributed by atoms with van der Waals surface area (Å²) in [5.41, 5.74) is 0.870. The van der Waals surface area contributed by atoms with Gasteiger partial charge in [0.05, 0.1) is 32.2 Å². The first-order chi connectivity index (χ1) is 11.7. The third kappa shape index (κ3) is 4.62. The van der Waals surface area contributed by atoms with Crippen molar-refractivity contribution in [1.82, 2.24) is 15.3 Å². The molecule has 0 bridgehead atoms. The molecule has 9 heteroatoms. The van der Waals surface area contributed by atoms with Gasteiger partial charge >= 0.3 is 0 Å². The van der Waals surface area contributed by atoms with Crippen LogP contribution in [0.4, 0.5) is 10.1 Å². The standard InChI is InChI=1S/C16H17FN4O3.ClH/c1-23-15-9-19-7-13(21-15)16(22)20-10-2-3-11(12(17)6-10)14-8-18-4-5-24-14;/h2-3,6-7,9,14,18H,4-5,8H2,1H3,(H,20,22);1H. The van der Waals surface area contributed by atoms with Crippen molar-refractivity contribution in [3.63, 3.8) is 0 Å². The van der Waals surface area contributed by atoms with E-state index in [-0.39, 0.29) is 30.1 Å². The first kappa shape index (κ1) is 19.0. The topological polar surface area (TPSA) is 85.4 Å². The van der Waals surface area contributed by atoms with Gasteiger partial charge < -0.3 is 20.1 Å². The van der Waals surface area contributed by atoms with Gasteiger partial charge in [0.1, 0.15) is 5.82 Å². The maximum Gasteiger partial charge on any atom is 0.276 e. The average molecular weight is 369 g/mol. The normalized spacial score (nSPS) is 16.6. The second-order valence-electron chi connectivity index (χ2n) is 5.20. The fourth-order valence-electron chi connectivity index (χ4n) is 2.38. The highest BCUT2D eigenvalue weighted by molar-refractivity contribution is 6.02. The van der Waals surface area contributed by atoms with Crippen LogP contribution in [0, 0.1) is 5.82 Å². The quantitative estimate of drug-likeness (QED) is 0.858. The van der Waals surface area contributed by atoms with E-state index in [1.165, 1.54) is 25.6 Å². The van der Waals surface area contributed by atoms with E-state index in [1.807, 2.05) is 0 Å². The van der Waals surface area contributed by atoms with Gasteiger partial charge in [-0.05, 0) is 12.1 Å². The third-order valence-corrected chi connectivity index (χ3v) is 3.59. The summed E-state index contributed by atoms with van der Waals surface area (Å²) in [5.74, 6) is -0.700. The highest BCUT2D eigenvalue weighted by Gasteiger charge is 2.20. The number of carbonyl (C=O) groups is 1. The van der Waals surface area contributed by atoms with Crippen LogP contribution < -0.4 is 15.4 Å². The first-order valence-corrected chi connectivity index (χ1v) is 7.46. The van der Waals surface area contributed by atoms with Gasteiger partial charge in [-0.25, -0.2) is 9.37 Å². The van der Waals surface area contributed by atoms with Crippen LogP contribution >= 0.6 is 12.4 Å². The van der Waals surface area contributed by atoms with Crippen molar-refractivity contribution in [2.45, 2.75) is 6.10 Å². The lowest BCUT2D eigenvalue weighted by Crippen LogP contribution is -2.33. The Morgan fingerprint density at radius 1 is 1.44 bits per heavy atom. The number of methoxy groups -OCH3 is 1. The number of halogens is 2. The molecule has 3 rings (SSSR count). The molecule has 0 aliphatic carbocycles. The van der Waals surface area contributed by atoms with Gasteiger partial charge in [0.15, 0.2) is 5.69 Å². The molecular formula is C16H18ClFN4O3. The lowest BCUT2D eigenvalue weighted by atomic mass is 10.1. The molecule has 2 aromatic rings. The molecule has 1 fully saturated rings. The van der Waals surface area contributed by atoms with Gasteiger partial charge in [-0.2, -0.15) is 0 Å². The minimum atomic E-state index is -0.496. The van der Waals surface area contributed by atoms with Gasteiger partial charge in [-0.1, -0.05) is 6.07 Å². The lowest BCUT2D eigenvalue weighted by Gasteiger charge is -2.24. The van der Waals surface area contributed by atoms with Crippen molar-refractivity contribution in [3.05, 3.63) is 47.7 Å². The van der Waals surface area contributed by atoms with Crippen LogP contribution in [0.3, 0.4) is 0 Å². The summed E-state index contributed by atoms with van der Waals surface area (Å²) in [7, 11) is 1.43. The number of amides is 1. The largest absolute Gasteiger partial charge is 0.480 e. The minimum absolute atomic E-state index is 0. The SMILES string of the molecule is COc1cncc(C(=O)Nc2ccc(C3CNCCO3)c(F)c2)n1.Cl. The van der Waals surface area contributed by atoms with Crippen LogP contribution in [0.5, 0.6) is 5.88 Å². The number of benzene rings is 1. The average Bonchev–Trinajstić information content (AvgIpc) is 2.62. The molecule has 1 aromatic carbocycles. The maximum absolute atomic E-state index is 14.3. The molecule has 1 aliphatic heterocycles. The van der Waals surface area contributed by atoms with E-state index in [2.05, 4.69) is 20.6 Å². The summed E-state index contributed by atoms with van der Waals surface area (Å²) in [6.07, 6.45) is 2.38. The van der Waals surface area contributed by atoms with Gasteiger partial charge in [0.2, 0.25) is 5.88 Å². The monoisotopic (exact) mass is 368 g/mol. The number of anilines is 1. The molecule has 0 saturated carbocycles. The molecule has 1 aromatic heterocycles. The highest BCUT2D eigenvalue weighted by atomic mass is 35.5. The minimum Gasteiger partial charge on any atom is -0.480 e. The summed E-state index contributed by atoms with van der Waals surface area (Å²) in [4.78, 5) is 20.0. The Labute approximate surface area is 150 Å². The van der Waals surface area contributed by atoms with Crippen molar-refractivity contribution in [3.8, 4) is 5.88 Å². The van der Waals surface area contributed by atoms with Crippen LogP contribution in [-0.2, 0) is 4.74 Å². The van der Waals surface area contributed by atoms with Gasteiger partial charge in [0.25, 0.3) is 5.91 Å². The number of hydrogen-bond donors (Lipinski definition) is 2. The summed E-state index contributed by atoms with van der Waals surface area (Å²) >= 11 is 0. The van der Waals surface area contributed by atoms with E-state index in [0.717, 1.165) is 6.54 Å². The van der Waals surface area contributed by atoms with Crippen molar-refractivity contribution in [1.29, 1.82) is 0 Å². The fourth-order valence-corrected chi connectivity index (χ4v) is 2.38. The zero-order valence-electron chi connectivity index (χ0n) is 13.5. The Bertz CT molecular complexity index is 741. The number of morpholine rings is 1. The van der Waals surface area contributed by atoms with Gasteiger partial charge in [0, 0.05) is 24.3 Å². The Balaban J connectivity index is 0.00000225. The second-order valence-corrected chi connectivity index (χ2v) is 5.20. The van der Waals surface area contributed by atoms with Crippen molar-refractivity contribution >= 4 is 24.0 Å².